The normalized spacial score (nSPS) is 28.4. The molecule has 0 amide bonds. The number of aliphatic carboxylic acids is 1. The maximum atomic E-state index is 12.0. The fraction of sp³-hybridized carbons (Fsp3) is 0.714. The Kier molecular flexibility index (Phi) is 8.39. The summed E-state index contributed by atoms with van der Waals surface area (Å²) in [6.07, 6.45) is 17.5. The number of allylic oxidation sites excluding steroid dienone is 3. The van der Waals surface area contributed by atoms with Crippen molar-refractivity contribution in [1.29, 1.82) is 0 Å². The van der Waals surface area contributed by atoms with E-state index in [1.54, 1.807) is 6.08 Å². The summed E-state index contributed by atoms with van der Waals surface area (Å²) >= 11 is 0. The van der Waals surface area contributed by atoms with E-state index in [0.717, 1.165) is 44.9 Å². The van der Waals surface area contributed by atoms with Crippen LogP contribution >= 0.6 is 0 Å². The average Bonchev–Trinajstić information content (AvgIpc) is 3.17. The lowest BCUT2D eigenvalue weighted by Gasteiger charge is -2.24. The van der Waals surface area contributed by atoms with E-state index in [-0.39, 0.29) is 18.3 Å². The standard InChI is InChI=1S/C21H32O4/c1-2-3-6-9-16(22)12-13-18-17(19-14-15-20(18)25-19)10-7-4-5-8-11-21(23)24/h4,7,12-13,17-20H,2-3,5-6,8-11,14-15H2,1H3,(H,23,24)/t17-,18+,19-,20+/m0/s1. The predicted molar refractivity (Wildman–Crippen MR) is 98.4 cm³/mol. The van der Waals surface area contributed by atoms with Gasteiger partial charge in [-0.25, -0.2) is 0 Å². The molecule has 2 aliphatic rings. The van der Waals surface area contributed by atoms with Crippen LogP contribution in [0.15, 0.2) is 24.3 Å². The first kappa shape index (κ1) is 19.9. The lowest BCUT2D eigenvalue weighted by Crippen LogP contribution is -2.25. The minimum Gasteiger partial charge on any atom is -0.481 e. The number of ketones is 1. The Balaban J connectivity index is 1.79. The second kappa shape index (κ2) is 10.5. The van der Waals surface area contributed by atoms with Crippen molar-refractivity contribution in [3.63, 3.8) is 0 Å². The van der Waals surface area contributed by atoms with Gasteiger partial charge in [-0.15, -0.1) is 0 Å². The third-order valence-corrected chi connectivity index (χ3v) is 5.35. The van der Waals surface area contributed by atoms with E-state index in [9.17, 15) is 9.59 Å². The Morgan fingerprint density at radius 1 is 1.08 bits per heavy atom. The van der Waals surface area contributed by atoms with Gasteiger partial charge in [0.05, 0.1) is 12.2 Å². The molecule has 1 N–H and O–H groups in total. The fourth-order valence-electron chi connectivity index (χ4n) is 3.98. The molecule has 4 heteroatoms. The molecule has 25 heavy (non-hydrogen) atoms. The van der Waals surface area contributed by atoms with E-state index in [0.29, 0.717) is 30.8 Å². The summed E-state index contributed by atoms with van der Waals surface area (Å²) in [7, 11) is 0. The van der Waals surface area contributed by atoms with Gasteiger partial charge in [-0.3, -0.25) is 9.59 Å². The van der Waals surface area contributed by atoms with Crippen LogP contribution in [0, 0.1) is 11.8 Å². The first-order chi connectivity index (χ1) is 12.1. The Bertz CT molecular complexity index is 494. The number of hydrogen-bond donors (Lipinski definition) is 1. The third kappa shape index (κ3) is 6.43. The van der Waals surface area contributed by atoms with Gasteiger partial charge in [-0.1, -0.05) is 38.0 Å². The van der Waals surface area contributed by atoms with Crippen LogP contribution in [-0.2, 0) is 14.3 Å². The van der Waals surface area contributed by atoms with Crippen LogP contribution < -0.4 is 0 Å². The number of carboxylic acid groups (broad SMARTS) is 1. The van der Waals surface area contributed by atoms with Gasteiger partial charge in [-0.05, 0) is 50.5 Å². The second-order valence-electron chi connectivity index (χ2n) is 7.31. The highest BCUT2D eigenvalue weighted by molar-refractivity contribution is 5.89. The molecule has 2 aliphatic heterocycles. The van der Waals surface area contributed by atoms with E-state index in [2.05, 4.69) is 25.2 Å². The SMILES string of the molecule is CCCCCC(=O)C=C[C@@H]1[C@H](CC=CCCCC(=O)O)[C@@H]2CC[C@H]1O2. The maximum Gasteiger partial charge on any atom is 0.303 e. The first-order valence-corrected chi connectivity index (χ1v) is 9.85. The van der Waals surface area contributed by atoms with Crippen LogP contribution in [0.3, 0.4) is 0 Å². The largest absolute Gasteiger partial charge is 0.481 e. The number of fused-ring (bicyclic) bond motifs is 2. The summed E-state index contributed by atoms with van der Waals surface area (Å²) in [4.78, 5) is 22.5. The molecule has 4 nitrogen and oxygen atoms in total. The van der Waals surface area contributed by atoms with Crippen molar-refractivity contribution in [2.45, 2.75) is 83.3 Å². The van der Waals surface area contributed by atoms with Crippen LogP contribution in [0.2, 0.25) is 0 Å². The average molecular weight is 348 g/mol. The van der Waals surface area contributed by atoms with Gasteiger partial charge in [0.1, 0.15) is 0 Å². The number of carbonyl (C=O) groups excluding carboxylic acids is 1. The monoisotopic (exact) mass is 348 g/mol. The molecule has 0 aromatic heterocycles. The summed E-state index contributed by atoms with van der Waals surface area (Å²) in [5.74, 6) is 0.301. The molecule has 0 radical (unpaired) electrons. The predicted octanol–water partition coefficient (Wildman–Crippen LogP) is 4.69. The third-order valence-electron chi connectivity index (χ3n) is 5.35. The van der Waals surface area contributed by atoms with Crippen LogP contribution in [-0.4, -0.2) is 29.1 Å². The number of hydrogen-bond acceptors (Lipinski definition) is 3. The molecule has 2 rings (SSSR count). The Hall–Kier alpha value is -1.42. The molecule has 2 heterocycles. The van der Waals surface area contributed by atoms with E-state index in [1.807, 2.05) is 0 Å². The molecule has 2 bridgehead atoms. The minimum absolute atomic E-state index is 0.229. The number of carboxylic acids is 1. The smallest absolute Gasteiger partial charge is 0.303 e. The molecule has 140 valence electrons. The van der Waals surface area contributed by atoms with Gasteiger partial charge in [0.15, 0.2) is 5.78 Å². The summed E-state index contributed by atoms with van der Waals surface area (Å²) < 4.78 is 6.06. The fourth-order valence-corrected chi connectivity index (χ4v) is 3.98. The summed E-state index contributed by atoms with van der Waals surface area (Å²) in [6, 6.07) is 0. The number of carbonyl (C=O) groups is 2. The topological polar surface area (TPSA) is 63.6 Å². The molecule has 0 aromatic carbocycles. The van der Waals surface area contributed by atoms with Gasteiger partial charge >= 0.3 is 5.97 Å². The zero-order valence-electron chi connectivity index (χ0n) is 15.4. The van der Waals surface area contributed by atoms with Crippen molar-refractivity contribution in [3.05, 3.63) is 24.3 Å². The Labute approximate surface area is 151 Å². The van der Waals surface area contributed by atoms with Gasteiger partial charge < -0.3 is 9.84 Å². The minimum atomic E-state index is -0.733. The highest BCUT2D eigenvalue weighted by Gasteiger charge is 2.46. The van der Waals surface area contributed by atoms with Gasteiger partial charge in [-0.2, -0.15) is 0 Å². The number of unbranched alkanes of at least 4 members (excludes halogenated alkanes) is 3. The van der Waals surface area contributed by atoms with Crippen molar-refractivity contribution in [1.82, 2.24) is 0 Å². The van der Waals surface area contributed by atoms with Gasteiger partial charge in [0, 0.05) is 18.8 Å². The van der Waals surface area contributed by atoms with Gasteiger partial charge in [0.25, 0.3) is 0 Å². The molecular formula is C21H32O4. The zero-order chi connectivity index (χ0) is 18.1. The highest BCUT2D eigenvalue weighted by Crippen LogP contribution is 2.45. The van der Waals surface area contributed by atoms with Crippen molar-refractivity contribution < 1.29 is 19.4 Å². The zero-order valence-corrected chi connectivity index (χ0v) is 15.4. The van der Waals surface area contributed by atoms with Gasteiger partial charge in [0.2, 0.25) is 0 Å². The van der Waals surface area contributed by atoms with E-state index < -0.39 is 5.97 Å². The second-order valence-corrected chi connectivity index (χ2v) is 7.31. The van der Waals surface area contributed by atoms with Crippen LogP contribution in [0.5, 0.6) is 0 Å². The van der Waals surface area contributed by atoms with Crippen molar-refractivity contribution in [2.24, 2.45) is 11.8 Å². The quantitative estimate of drug-likeness (QED) is 0.316. The molecule has 0 unspecified atom stereocenters. The van der Waals surface area contributed by atoms with Crippen LogP contribution in [0.4, 0.5) is 0 Å². The molecule has 2 saturated heterocycles. The molecule has 0 aromatic rings. The maximum absolute atomic E-state index is 12.0. The number of rotatable bonds is 12. The molecular weight excluding hydrogens is 316 g/mol. The molecule has 0 spiro atoms. The number of ether oxygens (including phenoxy) is 1. The first-order valence-electron chi connectivity index (χ1n) is 9.85. The molecule has 0 aliphatic carbocycles. The van der Waals surface area contributed by atoms with Crippen molar-refractivity contribution in [3.8, 4) is 0 Å². The van der Waals surface area contributed by atoms with Crippen molar-refractivity contribution >= 4 is 11.8 Å². The molecule has 4 atom stereocenters. The highest BCUT2D eigenvalue weighted by atomic mass is 16.5. The van der Waals surface area contributed by atoms with Crippen LogP contribution in [0.1, 0.15) is 71.1 Å². The van der Waals surface area contributed by atoms with E-state index in [1.165, 1.54) is 0 Å². The van der Waals surface area contributed by atoms with Crippen molar-refractivity contribution in [2.75, 3.05) is 0 Å². The molecule has 2 fully saturated rings. The summed E-state index contributed by atoms with van der Waals surface area (Å²) in [6.45, 7) is 2.15. The summed E-state index contributed by atoms with van der Waals surface area (Å²) in [5.41, 5.74) is 0. The van der Waals surface area contributed by atoms with E-state index >= 15 is 0 Å². The Morgan fingerprint density at radius 2 is 1.88 bits per heavy atom. The van der Waals surface area contributed by atoms with E-state index in [4.69, 9.17) is 9.84 Å². The summed E-state index contributed by atoms with van der Waals surface area (Å²) in [5, 5.41) is 8.64. The Morgan fingerprint density at radius 3 is 2.64 bits per heavy atom. The molecule has 0 saturated carbocycles. The van der Waals surface area contributed by atoms with Crippen LogP contribution in [0.25, 0.3) is 0 Å². The lowest BCUT2D eigenvalue weighted by atomic mass is 9.77. The lowest BCUT2D eigenvalue weighted by molar-refractivity contribution is -0.137.